The van der Waals surface area contributed by atoms with Crippen LogP contribution in [0.1, 0.15) is 278 Å². The molecular formula is C83H136O16P2. The topological polar surface area (TPSA) is 231 Å². The zero-order chi connectivity index (χ0) is 73.7. The Hall–Kier alpha value is -5.09. The fraction of sp³-hybridized carbons (Fsp3) is 0.627. The lowest BCUT2D eigenvalue weighted by Gasteiger charge is -2.21. The van der Waals surface area contributed by atoms with Crippen molar-refractivity contribution in [1.82, 2.24) is 0 Å². The van der Waals surface area contributed by atoms with Crippen LogP contribution in [-0.2, 0) is 55.8 Å². The highest BCUT2D eigenvalue weighted by atomic mass is 31.2. The number of carbonyl (C=O) groups is 3. The summed E-state index contributed by atoms with van der Waals surface area (Å²) >= 11 is 0. The van der Waals surface area contributed by atoms with E-state index in [1.54, 1.807) is 0 Å². The predicted molar refractivity (Wildman–Crippen MR) is 417 cm³/mol. The van der Waals surface area contributed by atoms with Crippen molar-refractivity contribution < 1.29 is 75.8 Å². The first-order valence-corrected chi connectivity index (χ1v) is 41.4. The third-order valence-electron chi connectivity index (χ3n) is 15.4. The van der Waals surface area contributed by atoms with Gasteiger partial charge < -0.3 is 34.2 Å². The molecule has 0 bridgehead atoms. The van der Waals surface area contributed by atoms with Crippen molar-refractivity contribution in [2.75, 3.05) is 39.6 Å². The molecule has 0 aliphatic heterocycles. The third kappa shape index (κ3) is 75.9. The normalized spacial score (nSPS) is 15.0. The Morgan fingerprint density at radius 1 is 0.277 bits per heavy atom. The Labute approximate surface area is 612 Å². The van der Waals surface area contributed by atoms with E-state index in [9.17, 15) is 43.5 Å². The van der Waals surface area contributed by atoms with Crippen LogP contribution < -0.4 is 0 Å². The summed E-state index contributed by atoms with van der Waals surface area (Å²) in [6, 6.07) is 0. The first-order valence-electron chi connectivity index (χ1n) is 38.4. The van der Waals surface area contributed by atoms with Crippen molar-refractivity contribution >= 4 is 33.6 Å². The molecular weight excluding hydrogens is 1310 g/mol. The highest BCUT2D eigenvalue weighted by molar-refractivity contribution is 7.47. The molecule has 101 heavy (non-hydrogen) atoms. The summed E-state index contributed by atoms with van der Waals surface area (Å²) < 4.78 is 61.1. The van der Waals surface area contributed by atoms with Gasteiger partial charge in [0.25, 0.3) is 0 Å². The standard InChI is InChI=1S/C83H136O16P2/c1-4-7-10-13-16-19-22-25-28-31-33-34-35-36-37-38-39-40-41-42-44-47-48-51-54-57-60-63-66-69-81(86)93-72-78(84)73-95-100(89,90)96-74-79(85)75-97-101(91,92)98-77-80(99-83(88)71-68-65-62-59-56-53-50-45-30-27-24-21-18-15-12-9-6-3)76-94-82(87)70-67-64-61-58-55-52-49-46-43-32-29-26-23-20-17-14-11-8-5-2/h7-12,16-21,25-30,33-34,36-37,39-40,43,46,52,55,78-80,84-85H,4-6,13-15,22-24,31-32,35,38,41-42,44-45,47-51,53-54,56-77H2,1-3H3,(H,89,90)(H,91,92)/b10-7-,11-8-,12-9-,19-16-,20-17-,21-18-,28-25-,29-26-,30-27-,34-33-,37-36-,40-39-,46-43-,55-52-. The SMILES string of the molecule is CC/C=C\C/C=C\C/C=C\C/C=C\C/C=C\C/C=C\CCCCCCCCCCCCC(=O)OCC(O)COP(=O)(O)OCC(O)COP(=O)(O)OCC(COC(=O)CCCCC/C=C\C/C=C\C/C=C\C/C=C\C/C=C\CC)OC(=O)CCCCCCCCC/C=C\C/C=C\C/C=C\CC. The summed E-state index contributed by atoms with van der Waals surface area (Å²) in [5.74, 6) is -1.64. The molecule has 5 unspecified atom stereocenters. The van der Waals surface area contributed by atoms with Gasteiger partial charge in [-0.1, -0.05) is 281 Å². The van der Waals surface area contributed by atoms with Gasteiger partial charge in [0.05, 0.1) is 26.4 Å². The molecule has 0 rings (SSSR count). The number of ether oxygens (including phenoxy) is 3. The molecule has 0 heterocycles. The summed E-state index contributed by atoms with van der Waals surface area (Å²) in [7, 11) is -9.81. The number of aliphatic hydroxyl groups excluding tert-OH is 2. The van der Waals surface area contributed by atoms with Crippen molar-refractivity contribution in [2.45, 2.75) is 296 Å². The highest BCUT2D eigenvalue weighted by Crippen LogP contribution is 2.45. The van der Waals surface area contributed by atoms with Gasteiger partial charge in [0, 0.05) is 19.3 Å². The number of esters is 3. The van der Waals surface area contributed by atoms with E-state index in [4.69, 9.17) is 32.3 Å². The summed E-state index contributed by atoms with van der Waals surface area (Å²) in [4.78, 5) is 58.6. The molecule has 0 radical (unpaired) electrons. The van der Waals surface area contributed by atoms with Gasteiger partial charge in [0.15, 0.2) is 6.10 Å². The van der Waals surface area contributed by atoms with Crippen LogP contribution in [0.2, 0.25) is 0 Å². The molecule has 0 fully saturated rings. The van der Waals surface area contributed by atoms with Gasteiger partial charge in [-0.05, 0) is 148 Å². The second-order valence-electron chi connectivity index (χ2n) is 25.0. The molecule has 16 nitrogen and oxygen atoms in total. The molecule has 5 atom stereocenters. The lowest BCUT2D eigenvalue weighted by molar-refractivity contribution is -0.161. The number of phosphoric ester groups is 2. The number of phosphoric acid groups is 2. The third-order valence-corrected chi connectivity index (χ3v) is 17.3. The molecule has 0 saturated heterocycles. The summed E-state index contributed by atoms with van der Waals surface area (Å²) in [5.41, 5.74) is 0. The van der Waals surface area contributed by atoms with Gasteiger partial charge >= 0.3 is 33.6 Å². The molecule has 0 spiro atoms. The Balaban J connectivity index is 4.61. The van der Waals surface area contributed by atoms with Crippen LogP contribution in [0.15, 0.2) is 170 Å². The highest BCUT2D eigenvalue weighted by Gasteiger charge is 2.29. The quantitative estimate of drug-likeness (QED) is 0.0146. The van der Waals surface area contributed by atoms with Crippen LogP contribution in [0.5, 0.6) is 0 Å². The lowest BCUT2D eigenvalue weighted by atomic mass is 10.1. The van der Waals surface area contributed by atoms with Gasteiger partial charge in [0.2, 0.25) is 0 Å². The van der Waals surface area contributed by atoms with Crippen molar-refractivity contribution in [2.24, 2.45) is 0 Å². The van der Waals surface area contributed by atoms with Crippen LogP contribution >= 0.6 is 15.6 Å². The molecule has 0 aromatic heterocycles. The van der Waals surface area contributed by atoms with E-state index in [0.717, 1.165) is 186 Å². The van der Waals surface area contributed by atoms with Crippen molar-refractivity contribution in [1.29, 1.82) is 0 Å². The second-order valence-corrected chi connectivity index (χ2v) is 27.9. The molecule has 0 aromatic rings. The molecule has 4 N–H and O–H groups in total. The first-order chi connectivity index (χ1) is 49.2. The van der Waals surface area contributed by atoms with Crippen molar-refractivity contribution in [3.8, 4) is 0 Å². The van der Waals surface area contributed by atoms with E-state index < -0.39 is 91.5 Å². The monoisotopic (exact) mass is 1450 g/mol. The van der Waals surface area contributed by atoms with Gasteiger partial charge in [-0.25, -0.2) is 9.13 Å². The average molecular weight is 1450 g/mol. The zero-order valence-corrected chi connectivity index (χ0v) is 64.3. The van der Waals surface area contributed by atoms with E-state index in [0.29, 0.717) is 19.3 Å². The van der Waals surface area contributed by atoms with E-state index in [-0.39, 0.29) is 19.3 Å². The number of hydrogen-bond donors (Lipinski definition) is 4. The molecule has 0 amide bonds. The van der Waals surface area contributed by atoms with Crippen LogP contribution in [-0.4, -0.2) is 95.9 Å². The molecule has 0 saturated carbocycles. The fourth-order valence-electron chi connectivity index (χ4n) is 9.67. The average Bonchev–Trinajstić information content (AvgIpc) is 1.06. The minimum absolute atomic E-state index is 0.0800. The molecule has 18 heteroatoms. The summed E-state index contributed by atoms with van der Waals surface area (Å²) in [5, 5.41) is 20.6. The maximum absolute atomic E-state index is 13.0. The van der Waals surface area contributed by atoms with E-state index >= 15 is 0 Å². The maximum atomic E-state index is 13.0. The van der Waals surface area contributed by atoms with Gasteiger partial charge in [-0.3, -0.25) is 32.5 Å². The van der Waals surface area contributed by atoms with Crippen LogP contribution in [0, 0.1) is 0 Å². The lowest BCUT2D eigenvalue weighted by Crippen LogP contribution is -2.30. The van der Waals surface area contributed by atoms with Crippen LogP contribution in [0.4, 0.5) is 0 Å². The number of aliphatic hydroxyl groups is 2. The Kier molecular flexibility index (Phi) is 70.9. The Bertz CT molecular complexity index is 2520. The number of carbonyl (C=O) groups excluding carboxylic acids is 3. The number of rotatable bonds is 71. The minimum atomic E-state index is -4.95. The summed E-state index contributed by atoms with van der Waals surface area (Å²) in [6.45, 7) is 2.27. The van der Waals surface area contributed by atoms with E-state index in [2.05, 4.69) is 191 Å². The Morgan fingerprint density at radius 2 is 0.495 bits per heavy atom. The largest absolute Gasteiger partial charge is 0.472 e. The Morgan fingerprint density at radius 3 is 0.792 bits per heavy atom. The molecule has 0 aliphatic carbocycles. The number of allylic oxidation sites excluding steroid dienone is 28. The molecule has 0 aliphatic rings. The second kappa shape index (κ2) is 74.6. The predicted octanol–water partition coefficient (Wildman–Crippen LogP) is 22.4. The fourth-order valence-corrected chi connectivity index (χ4v) is 11.3. The van der Waals surface area contributed by atoms with Crippen molar-refractivity contribution in [3.63, 3.8) is 0 Å². The van der Waals surface area contributed by atoms with Gasteiger partial charge in [-0.15, -0.1) is 0 Å². The minimum Gasteiger partial charge on any atom is -0.463 e. The van der Waals surface area contributed by atoms with Crippen LogP contribution in [0.25, 0.3) is 0 Å². The first kappa shape index (κ1) is 95.9. The molecule has 574 valence electrons. The van der Waals surface area contributed by atoms with E-state index in [1.165, 1.54) is 32.1 Å². The van der Waals surface area contributed by atoms with Gasteiger partial charge in [0.1, 0.15) is 25.4 Å². The number of hydrogen-bond acceptors (Lipinski definition) is 14. The van der Waals surface area contributed by atoms with Crippen LogP contribution in [0.3, 0.4) is 0 Å². The smallest absolute Gasteiger partial charge is 0.463 e. The zero-order valence-electron chi connectivity index (χ0n) is 62.5. The maximum Gasteiger partial charge on any atom is 0.472 e. The van der Waals surface area contributed by atoms with E-state index in [1.807, 2.05) is 0 Å². The van der Waals surface area contributed by atoms with Crippen molar-refractivity contribution in [3.05, 3.63) is 170 Å². The molecule has 0 aromatic carbocycles. The van der Waals surface area contributed by atoms with Gasteiger partial charge in [-0.2, -0.15) is 0 Å². The summed E-state index contributed by atoms with van der Waals surface area (Å²) in [6.07, 6.45) is 94.0. The number of unbranched alkanes of at least 4 members (excludes halogenated alkanes) is 20.